The summed E-state index contributed by atoms with van der Waals surface area (Å²) in [5.74, 6) is 0.646. The number of hydrogen-bond acceptors (Lipinski definition) is 8. The first-order valence-corrected chi connectivity index (χ1v) is 10.8. The van der Waals surface area contributed by atoms with Gasteiger partial charge in [0, 0.05) is 43.7 Å². The molecule has 1 saturated heterocycles. The van der Waals surface area contributed by atoms with Crippen molar-refractivity contribution in [2.75, 3.05) is 26.2 Å². The van der Waals surface area contributed by atoms with Gasteiger partial charge in [-0.1, -0.05) is 11.6 Å². The smallest absolute Gasteiger partial charge is 0.197 e. The Kier molecular flexibility index (Phi) is 8.82. The molecular weight excluding hydrogens is 434 g/mol. The highest BCUT2D eigenvalue weighted by Crippen LogP contribution is 2.33. The van der Waals surface area contributed by atoms with Gasteiger partial charge in [0.15, 0.2) is 12.6 Å². The van der Waals surface area contributed by atoms with Crippen molar-refractivity contribution in [1.29, 1.82) is 5.26 Å². The van der Waals surface area contributed by atoms with Gasteiger partial charge in [0.2, 0.25) is 0 Å². The summed E-state index contributed by atoms with van der Waals surface area (Å²) in [6.45, 7) is 4.88. The van der Waals surface area contributed by atoms with E-state index in [0.717, 1.165) is 25.9 Å². The number of likely N-dealkylation sites (tertiary alicyclic amines) is 1. The second kappa shape index (κ2) is 11.8. The minimum atomic E-state index is -0.553. The van der Waals surface area contributed by atoms with Crippen LogP contribution in [0.15, 0.2) is 30.6 Å². The molecule has 2 heterocycles. The first-order chi connectivity index (χ1) is 15.5. The molecule has 170 valence electrons. The highest BCUT2D eigenvalue weighted by atomic mass is 35.5. The Labute approximate surface area is 192 Å². The summed E-state index contributed by atoms with van der Waals surface area (Å²) in [5, 5.41) is 18.8. The standard InChI is InChI=1S/C23H26ClN3O5/c1-16(30-6-2-4-27-5-3-20(29)13-27)32-23-9-22(19(14-28)8-21(23)24)31-15-18-7-17(10-25)11-26-12-18/h7-9,11-12,14,16,20,29H,2-6,13,15H2,1H3/t16?,20-/m1/s1. The van der Waals surface area contributed by atoms with Crippen molar-refractivity contribution in [2.45, 2.75) is 38.8 Å². The third-order valence-corrected chi connectivity index (χ3v) is 5.32. The van der Waals surface area contributed by atoms with E-state index >= 15 is 0 Å². The topological polar surface area (TPSA) is 105 Å². The molecule has 0 spiro atoms. The van der Waals surface area contributed by atoms with Crippen LogP contribution >= 0.6 is 11.6 Å². The van der Waals surface area contributed by atoms with Crippen LogP contribution in [0.4, 0.5) is 0 Å². The first-order valence-electron chi connectivity index (χ1n) is 10.4. The molecule has 0 saturated carbocycles. The second-order valence-corrected chi connectivity index (χ2v) is 7.98. The molecule has 1 aromatic carbocycles. The largest absolute Gasteiger partial charge is 0.488 e. The van der Waals surface area contributed by atoms with Crippen LogP contribution in [0.1, 0.15) is 41.3 Å². The third kappa shape index (κ3) is 6.90. The lowest BCUT2D eigenvalue weighted by atomic mass is 10.2. The van der Waals surface area contributed by atoms with Crippen LogP contribution in [0.25, 0.3) is 0 Å². The van der Waals surface area contributed by atoms with E-state index in [1.54, 1.807) is 25.3 Å². The lowest BCUT2D eigenvalue weighted by Crippen LogP contribution is -2.25. The Morgan fingerprint density at radius 3 is 2.94 bits per heavy atom. The van der Waals surface area contributed by atoms with Gasteiger partial charge in [0.05, 0.1) is 28.9 Å². The van der Waals surface area contributed by atoms with Crippen LogP contribution in [0.3, 0.4) is 0 Å². The van der Waals surface area contributed by atoms with Gasteiger partial charge < -0.3 is 24.2 Å². The van der Waals surface area contributed by atoms with Gasteiger partial charge in [-0.2, -0.15) is 5.26 Å². The number of aliphatic hydroxyl groups excluding tert-OH is 1. The van der Waals surface area contributed by atoms with Crippen molar-refractivity contribution in [1.82, 2.24) is 9.88 Å². The predicted molar refractivity (Wildman–Crippen MR) is 118 cm³/mol. The van der Waals surface area contributed by atoms with Crippen molar-refractivity contribution in [3.8, 4) is 17.6 Å². The molecule has 1 unspecified atom stereocenters. The summed E-state index contributed by atoms with van der Waals surface area (Å²) in [6.07, 6.45) is 4.57. The molecule has 2 aromatic rings. The molecule has 1 aliphatic heterocycles. The molecule has 1 N–H and O–H groups in total. The Morgan fingerprint density at radius 2 is 2.22 bits per heavy atom. The second-order valence-electron chi connectivity index (χ2n) is 7.57. The number of β-amino-alcohol motifs (C(OH)–C–C–N with tert-alkyl or cyclic N) is 1. The quantitative estimate of drug-likeness (QED) is 0.310. The number of pyridine rings is 1. The highest BCUT2D eigenvalue weighted by molar-refractivity contribution is 6.32. The number of hydrogen-bond donors (Lipinski definition) is 1. The van der Waals surface area contributed by atoms with Crippen LogP contribution in [-0.2, 0) is 11.3 Å². The molecule has 3 rings (SSSR count). The van der Waals surface area contributed by atoms with Gasteiger partial charge >= 0.3 is 0 Å². The van der Waals surface area contributed by atoms with Crippen LogP contribution in [0.5, 0.6) is 11.5 Å². The van der Waals surface area contributed by atoms with E-state index in [9.17, 15) is 9.90 Å². The zero-order valence-corrected chi connectivity index (χ0v) is 18.6. The number of aliphatic hydroxyl groups is 1. The first kappa shape index (κ1) is 24.0. The van der Waals surface area contributed by atoms with E-state index in [4.69, 9.17) is 31.1 Å². The fourth-order valence-electron chi connectivity index (χ4n) is 3.41. The number of benzene rings is 1. The maximum atomic E-state index is 11.4. The zero-order chi connectivity index (χ0) is 22.9. The third-order valence-electron chi connectivity index (χ3n) is 5.02. The fourth-order valence-corrected chi connectivity index (χ4v) is 3.63. The molecule has 0 radical (unpaired) electrons. The normalized spacial score (nSPS) is 17.0. The average Bonchev–Trinajstić information content (AvgIpc) is 3.22. The van der Waals surface area contributed by atoms with Crippen LogP contribution in [0.2, 0.25) is 5.02 Å². The molecule has 0 amide bonds. The van der Waals surface area contributed by atoms with Gasteiger partial charge in [-0.25, -0.2) is 0 Å². The number of rotatable bonds is 11. The van der Waals surface area contributed by atoms with E-state index in [0.29, 0.717) is 42.1 Å². The summed E-state index contributed by atoms with van der Waals surface area (Å²) < 4.78 is 17.3. The van der Waals surface area contributed by atoms with Crippen LogP contribution in [0, 0.1) is 11.3 Å². The lowest BCUT2D eigenvalue weighted by Gasteiger charge is -2.19. The molecular formula is C23H26ClN3O5. The van der Waals surface area contributed by atoms with Crippen molar-refractivity contribution < 1.29 is 24.1 Å². The summed E-state index contributed by atoms with van der Waals surface area (Å²) in [5.41, 5.74) is 1.40. The summed E-state index contributed by atoms with van der Waals surface area (Å²) in [6, 6.07) is 6.73. The minimum Gasteiger partial charge on any atom is -0.488 e. The van der Waals surface area contributed by atoms with Gasteiger partial charge in [-0.3, -0.25) is 9.78 Å². The van der Waals surface area contributed by atoms with Gasteiger partial charge in [0.1, 0.15) is 24.2 Å². The summed E-state index contributed by atoms with van der Waals surface area (Å²) in [4.78, 5) is 17.7. The van der Waals surface area contributed by atoms with Crippen molar-refractivity contribution >= 4 is 17.9 Å². The van der Waals surface area contributed by atoms with E-state index in [1.807, 2.05) is 6.07 Å². The van der Waals surface area contributed by atoms with Crippen molar-refractivity contribution in [3.05, 3.63) is 52.3 Å². The van der Waals surface area contributed by atoms with Crippen molar-refractivity contribution in [3.63, 3.8) is 0 Å². The molecule has 2 atom stereocenters. The number of halogens is 1. The Bertz CT molecular complexity index is 965. The zero-order valence-electron chi connectivity index (χ0n) is 17.9. The molecule has 32 heavy (non-hydrogen) atoms. The monoisotopic (exact) mass is 459 g/mol. The predicted octanol–water partition coefficient (Wildman–Crippen LogP) is 3.20. The Hall–Kier alpha value is -2.70. The molecule has 0 aliphatic carbocycles. The van der Waals surface area contributed by atoms with E-state index in [1.165, 1.54) is 12.3 Å². The number of aldehydes is 1. The van der Waals surface area contributed by atoms with E-state index in [2.05, 4.69) is 9.88 Å². The molecule has 1 fully saturated rings. The number of carbonyl (C=O) groups excluding carboxylic acids is 1. The number of nitrogens with zero attached hydrogens (tertiary/aromatic N) is 3. The van der Waals surface area contributed by atoms with Gasteiger partial charge in [-0.05, 0) is 31.9 Å². The fraction of sp³-hybridized carbons (Fsp3) is 0.435. The average molecular weight is 460 g/mol. The molecule has 8 nitrogen and oxygen atoms in total. The van der Waals surface area contributed by atoms with E-state index < -0.39 is 6.29 Å². The van der Waals surface area contributed by atoms with Crippen LogP contribution < -0.4 is 9.47 Å². The Balaban J connectivity index is 1.55. The number of ether oxygens (including phenoxy) is 3. The summed E-state index contributed by atoms with van der Waals surface area (Å²) >= 11 is 6.27. The summed E-state index contributed by atoms with van der Waals surface area (Å²) in [7, 11) is 0. The SMILES string of the molecule is CC(OCCCN1CC[C@@H](O)C1)Oc1cc(OCc2cncc(C#N)c2)c(C=O)cc1Cl. The van der Waals surface area contributed by atoms with Gasteiger partial charge in [-0.15, -0.1) is 0 Å². The lowest BCUT2D eigenvalue weighted by molar-refractivity contribution is -0.0685. The highest BCUT2D eigenvalue weighted by Gasteiger charge is 2.19. The molecule has 9 heteroatoms. The molecule has 1 aromatic heterocycles. The van der Waals surface area contributed by atoms with Crippen LogP contribution in [-0.4, -0.2) is 59.9 Å². The number of carbonyl (C=O) groups is 1. The maximum absolute atomic E-state index is 11.4. The maximum Gasteiger partial charge on any atom is 0.197 e. The number of aromatic nitrogens is 1. The van der Waals surface area contributed by atoms with Crippen molar-refractivity contribution in [2.24, 2.45) is 0 Å². The minimum absolute atomic E-state index is 0.127. The molecule has 0 bridgehead atoms. The Morgan fingerprint density at radius 1 is 1.38 bits per heavy atom. The molecule has 1 aliphatic rings. The van der Waals surface area contributed by atoms with E-state index in [-0.39, 0.29) is 23.3 Å². The number of nitriles is 1. The van der Waals surface area contributed by atoms with Gasteiger partial charge in [0.25, 0.3) is 0 Å².